The first-order chi connectivity index (χ1) is 7.42. The molecule has 0 spiro atoms. The summed E-state index contributed by atoms with van der Waals surface area (Å²) in [5.41, 5.74) is -1.24. The van der Waals surface area contributed by atoms with Crippen molar-refractivity contribution in [2.75, 3.05) is 0 Å². The molecule has 0 aromatic rings. The summed E-state index contributed by atoms with van der Waals surface area (Å²) in [5.74, 6) is -1.21. The zero-order valence-corrected chi connectivity index (χ0v) is 9.95. The van der Waals surface area contributed by atoms with E-state index in [1.54, 1.807) is 0 Å². The highest BCUT2D eigenvalue weighted by atomic mass is 16.6. The third kappa shape index (κ3) is 3.83. The molecule has 0 aromatic heterocycles. The quantitative estimate of drug-likeness (QED) is 0.692. The number of carbonyl (C=O) groups is 2. The second-order valence-corrected chi connectivity index (χ2v) is 4.65. The van der Waals surface area contributed by atoms with E-state index in [9.17, 15) is 9.59 Å². The number of hydrogen-bond donors (Lipinski definition) is 0. The van der Waals surface area contributed by atoms with E-state index in [1.807, 2.05) is 0 Å². The highest BCUT2D eigenvalue weighted by Gasteiger charge is 2.34. The molecule has 91 valence electrons. The predicted octanol–water partition coefficient (Wildman–Crippen LogP) is 2.02. The Balaban J connectivity index is 2.46. The lowest BCUT2D eigenvalue weighted by atomic mass is 9.97. The van der Waals surface area contributed by atoms with Gasteiger partial charge in [-0.05, 0) is 39.5 Å². The lowest BCUT2D eigenvalue weighted by Crippen LogP contribution is -2.40. The first kappa shape index (κ1) is 13.0. The van der Waals surface area contributed by atoms with E-state index in [0.29, 0.717) is 0 Å². The molecule has 0 saturated heterocycles. The fourth-order valence-electron chi connectivity index (χ4n) is 1.80. The van der Waals surface area contributed by atoms with Gasteiger partial charge < -0.3 is 9.47 Å². The van der Waals surface area contributed by atoms with Crippen LogP contribution in [-0.2, 0) is 19.1 Å². The van der Waals surface area contributed by atoms with E-state index in [-0.39, 0.29) is 6.10 Å². The second kappa shape index (κ2) is 5.32. The molecule has 0 bridgehead atoms. The Bertz CT molecular complexity index is 264. The second-order valence-electron chi connectivity index (χ2n) is 4.65. The maximum atomic E-state index is 11.7. The van der Waals surface area contributed by atoms with Crippen molar-refractivity contribution in [2.24, 2.45) is 0 Å². The van der Waals surface area contributed by atoms with Gasteiger partial charge in [-0.2, -0.15) is 0 Å². The molecular weight excluding hydrogens is 208 g/mol. The lowest BCUT2D eigenvalue weighted by Gasteiger charge is -2.27. The van der Waals surface area contributed by atoms with Crippen LogP contribution in [0.25, 0.3) is 0 Å². The molecule has 16 heavy (non-hydrogen) atoms. The molecule has 1 fully saturated rings. The molecule has 0 N–H and O–H groups in total. The molecule has 1 rings (SSSR count). The molecule has 1 radical (unpaired) electrons. The minimum absolute atomic E-state index is 0.0240. The Morgan fingerprint density at radius 1 is 1.19 bits per heavy atom. The average molecular weight is 227 g/mol. The largest absolute Gasteiger partial charge is 0.459 e. The van der Waals surface area contributed by atoms with Crippen molar-refractivity contribution in [3.63, 3.8) is 0 Å². The van der Waals surface area contributed by atoms with Crippen molar-refractivity contribution in [2.45, 2.75) is 57.7 Å². The van der Waals surface area contributed by atoms with Crippen molar-refractivity contribution < 1.29 is 19.1 Å². The maximum Gasteiger partial charge on any atom is 0.350 e. The summed E-state index contributed by atoms with van der Waals surface area (Å²) in [6.07, 6.45) is 5.16. The van der Waals surface area contributed by atoms with Crippen molar-refractivity contribution in [3.8, 4) is 0 Å². The topological polar surface area (TPSA) is 52.6 Å². The fraction of sp³-hybridized carbons (Fsp3) is 0.750. The summed E-state index contributed by atoms with van der Waals surface area (Å²) in [4.78, 5) is 22.5. The van der Waals surface area contributed by atoms with Crippen LogP contribution in [0.1, 0.15) is 46.0 Å². The Morgan fingerprint density at radius 2 is 1.75 bits per heavy atom. The fourth-order valence-corrected chi connectivity index (χ4v) is 1.80. The van der Waals surface area contributed by atoms with Gasteiger partial charge in [0.05, 0.1) is 6.92 Å². The zero-order valence-electron chi connectivity index (χ0n) is 9.95. The maximum absolute atomic E-state index is 11.7. The third-order valence-corrected chi connectivity index (χ3v) is 2.69. The number of ether oxygens (including phenoxy) is 2. The summed E-state index contributed by atoms with van der Waals surface area (Å²) in [5, 5.41) is 0. The normalized spacial score (nSPS) is 17.9. The summed E-state index contributed by atoms with van der Waals surface area (Å²) < 4.78 is 10.1. The van der Waals surface area contributed by atoms with E-state index in [0.717, 1.165) is 25.7 Å². The van der Waals surface area contributed by atoms with Crippen LogP contribution in [0, 0.1) is 6.92 Å². The SMILES string of the molecule is [CH2]C(=O)OC(C)(C)C(=O)OC1CCCCC1. The molecule has 0 aromatic carbocycles. The van der Waals surface area contributed by atoms with Gasteiger partial charge in [0, 0.05) is 0 Å². The molecule has 4 nitrogen and oxygen atoms in total. The van der Waals surface area contributed by atoms with Crippen LogP contribution < -0.4 is 0 Å². The highest BCUT2D eigenvalue weighted by Crippen LogP contribution is 2.23. The van der Waals surface area contributed by atoms with Crippen molar-refractivity contribution in [1.82, 2.24) is 0 Å². The van der Waals surface area contributed by atoms with Gasteiger partial charge in [-0.1, -0.05) is 6.42 Å². The van der Waals surface area contributed by atoms with Crippen molar-refractivity contribution in [3.05, 3.63) is 6.92 Å². The van der Waals surface area contributed by atoms with Gasteiger partial charge in [0.2, 0.25) is 5.60 Å². The summed E-state index contributed by atoms with van der Waals surface area (Å²) in [7, 11) is 0. The number of esters is 2. The standard InChI is InChI=1S/C12H19O4/c1-9(13)16-12(2,3)11(14)15-10-7-5-4-6-8-10/h10H,1,4-8H2,2-3H3. The third-order valence-electron chi connectivity index (χ3n) is 2.69. The van der Waals surface area contributed by atoms with Crippen LogP contribution in [0.15, 0.2) is 0 Å². The molecule has 1 aliphatic carbocycles. The Kier molecular flexibility index (Phi) is 4.33. The molecule has 0 heterocycles. The van der Waals surface area contributed by atoms with Crippen LogP contribution in [0.4, 0.5) is 0 Å². The van der Waals surface area contributed by atoms with Gasteiger partial charge in [-0.3, -0.25) is 4.79 Å². The van der Waals surface area contributed by atoms with Gasteiger partial charge in [0.1, 0.15) is 6.10 Å². The van der Waals surface area contributed by atoms with Crippen molar-refractivity contribution in [1.29, 1.82) is 0 Å². The van der Waals surface area contributed by atoms with Crippen LogP contribution >= 0.6 is 0 Å². The number of hydrogen-bond acceptors (Lipinski definition) is 4. The molecule has 0 aliphatic heterocycles. The van der Waals surface area contributed by atoms with Crippen LogP contribution in [-0.4, -0.2) is 23.6 Å². The van der Waals surface area contributed by atoms with Gasteiger partial charge in [0.15, 0.2) is 0 Å². The average Bonchev–Trinajstić information content (AvgIpc) is 2.17. The summed E-state index contributed by atoms with van der Waals surface area (Å²) in [6, 6.07) is 0. The monoisotopic (exact) mass is 227 g/mol. The Hall–Kier alpha value is -1.06. The lowest BCUT2D eigenvalue weighted by molar-refractivity contribution is -0.180. The first-order valence-electron chi connectivity index (χ1n) is 5.68. The molecule has 0 amide bonds. The molecule has 1 aliphatic rings. The molecule has 4 heteroatoms. The van der Waals surface area contributed by atoms with E-state index in [4.69, 9.17) is 9.47 Å². The van der Waals surface area contributed by atoms with Crippen LogP contribution in [0.5, 0.6) is 0 Å². The minimum Gasteiger partial charge on any atom is -0.459 e. The molecule has 1 saturated carbocycles. The van der Waals surface area contributed by atoms with Crippen molar-refractivity contribution >= 4 is 11.9 Å². The number of rotatable bonds is 3. The van der Waals surface area contributed by atoms with Gasteiger partial charge >= 0.3 is 11.9 Å². The molecule has 0 atom stereocenters. The summed E-state index contributed by atoms with van der Waals surface area (Å²) in [6.45, 7) is 6.11. The summed E-state index contributed by atoms with van der Waals surface area (Å²) >= 11 is 0. The van der Waals surface area contributed by atoms with E-state index in [2.05, 4.69) is 6.92 Å². The van der Waals surface area contributed by atoms with E-state index < -0.39 is 17.5 Å². The van der Waals surface area contributed by atoms with Gasteiger partial charge in [-0.15, -0.1) is 0 Å². The van der Waals surface area contributed by atoms with E-state index >= 15 is 0 Å². The Morgan fingerprint density at radius 3 is 2.25 bits per heavy atom. The molecular formula is C12H19O4. The van der Waals surface area contributed by atoms with E-state index in [1.165, 1.54) is 20.3 Å². The van der Waals surface area contributed by atoms with Gasteiger partial charge in [0.25, 0.3) is 0 Å². The van der Waals surface area contributed by atoms with Crippen LogP contribution in [0.3, 0.4) is 0 Å². The van der Waals surface area contributed by atoms with Gasteiger partial charge in [-0.25, -0.2) is 4.79 Å². The van der Waals surface area contributed by atoms with Crippen LogP contribution in [0.2, 0.25) is 0 Å². The Labute approximate surface area is 96.3 Å². The smallest absolute Gasteiger partial charge is 0.350 e. The number of carbonyl (C=O) groups excluding carboxylic acids is 2. The predicted molar refractivity (Wildman–Crippen MR) is 58.5 cm³/mol. The molecule has 0 unspecified atom stereocenters. The highest BCUT2D eigenvalue weighted by molar-refractivity contribution is 5.83. The zero-order chi connectivity index (χ0) is 12.2. The minimum atomic E-state index is -1.24. The first-order valence-corrected chi connectivity index (χ1v) is 5.68.